The smallest absolute Gasteiger partial charge is 0.335 e. The zero-order valence-corrected chi connectivity index (χ0v) is 14.2. The lowest BCUT2D eigenvalue weighted by atomic mass is 10.2. The number of carbonyl (C=O) groups excluding carboxylic acids is 2. The third kappa shape index (κ3) is 5.59. The maximum atomic E-state index is 12.8. The summed E-state index contributed by atoms with van der Waals surface area (Å²) in [6, 6.07) is 2.93. The van der Waals surface area contributed by atoms with Crippen molar-refractivity contribution in [2.24, 2.45) is 0 Å². The molecule has 4 nitrogen and oxygen atoms in total. The average Bonchev–Trinajstić information content (AvgIpc) is 2.97. The van der Waals surface area contributed by atoms with Crippen LogP contribution in [0.25, 0.3) is 0 Å². The third-order valence-corrected chi connectivity index (χ3v) is 4.88. The van der Waals surface area contributed by atoms with Crippen LogP contribution < -0.4 is 10.6 Å². The molecule has 0 radical (unpaired) electrons. The molecule has 9 heteroatoms. The van der Waals surface area contributed by atoms with E-state index in [1.807, 2.05) is 0 Å². The largest absolute Gasteiger partial charge is 0.417 e. The van der Waals surface area contributed by atoms with E-state index in [-0.39, 0.29) is 16.7 Å². The highest BCUT2D eigenvalue weighted by molar-refractivity contribution is 8.00. The van der Waals surface area contributed by atoms with Crippen LogP contribution in [0, 0.1) is 0 Å². The van der Waals surface area contributed by atoms with E-state index in [1.165, 1.54) is 6.07 Å². The Hall–Kier alpha value is -1.41. The molecule has 1 fully saturated rings. The zero-order chi connectivity index (χ0) is 17.7. The van der Waals surface area contributed by atoms with Gasteiger partial charge < -0.3 is 5.32 Å². The second-order valence-electron chi connectivity index (χ2n) is 5.43. The van der Waals surface area contributed by atoms with Crippen molar-refractivity contribution in [3.8, 4) is 0 Å². The molecule has 24 heavy (non-hydrogen) atoms. The Morgan fingerprint density at radius 1 is 1.25 bits per heavy atom. The fourth-order valence-corrected chi connectivity index (χ4v) is 3.37. The van der Waals surface area contributed by atoms with E-state index in [2.05, 4.69) is 10.6 Å². The SMILES string of the molecule is O=C(CSc1ccc(Cl)c(C(F)(F)F)c1)NC(=O)NC1CCCC1. The number of alkyl halides is 3. The fraction of sp³-hybridized carbons (Fsp3) is 0.467. The predicted octanol–water partition coefficient (Wildman–Crippen LogP) is 4.22. The van der Waals surface area contributed by atoms with E-state index >= 15 is 0 Å². The molecule has 0 heterocycles. The number of hydrogen-bond donors (Lipinski definition) is 2. The van der Waals surface area contributed by atoms with Crippen molar-refractivity contribution in [2.75, 3.05) is 5.75 Å². The van der Waals surface area contributed by atoms with Crippen LogP contribution in [0.5, 0.6) is 0 Å². The maximum absolute atomic E-state index is 12.8. The van der Waals surface area contributed by atoms with Gasteiger partial charge in [-0.15, -0.1) is 11.8 Å². The second kappa shape index (κ2) is 8.11. The van der Waals surface area contributed by atoms with Crippen LogP contribution in [0.1, 0.15) is 31.2 Å². The highest BCUT2D eigenvalue weighted by atomic mass is 35.5. The van der Waals surface area contributed by atoms with E-state index in [0.717, 1.165) is 49.6 Å². The molecule has 1 aliphatic rings. The van der Waals surface area contributed by atoms with Gasteiger partial charge in [-0.25, -0.2) is 4.79 Å². The van der Waals surface area contributed by atoms with Crippen molar-refractivity contribution in [2.45, 2.75) is 42.8 Å². The Balaban J connectivity index is 1.84. The molecule has 2 N–H and O–H groups in total. The molecule has 1 saturated carbocycles. The Labute approximate surface area is 146 Å². The van der Waals surface area contributed by atoms with Gasteiger partial charge in [-0.05, 0) is 31.0 Å². The van der Waals surface area contributed by atoms with Gasteiger partial charge >= 0.3 is 12.2 Å². The van der Waals surface area contributed by atoms with E-state index < -0.39 is 28.7 Å². The molecule has 0 saturated heterocycles. The van der Waals surface area contributed by atoms with Gasteiger partial charge in [0.1, 0.15) is 0 Å². The Kier molecular flexibility index (Phi) is 6.40. The van der Waals surface area contributed by atoms with E-state index in [0.29, 0.717) is 0 Å². The topological polar surface area (TPSA) is 58.2 Å². The van der Waals surface area contributed by atoms with Gasteiger partial charge in [0, 0.05) is 10.9 Å². The summed E-state index contributed by atoms with van der Waals surface area (Å²) in [6.07, 6.45) is -0.681. The molecular weight excluding hydrogens is 365 g/mol. The van der Waals surface area contributed by atoms with Crippen molar-refractivity contribution >= 4 is 35.3 Å². The maximum Gasteiger partial charge on any atom is 0.417 e. The predicted molar refractivity (Wildman–Crippen MR) is 86.1 cm³/mol. The van der Waals surface area contributed by atoms with Gasteiger partial charge in [-0.3, -0.25) is 10.1 Å². The van der Waals surface area contributed by atoms with Crippen LogP contribution in [0.2, 0.25) is 5.02 Å². The molecule has 132 valence electrons. The molecular formula is C15H16ClF3N2O2S. The number of rotatable bonds is 4. The number of carbonyl (C=O) groups is 2. The number of imide groups is 1. The lowest BCUT2D eigenvalue weighted by Gasteiger charge is -2.12. The third-order valence-electron chi connectivity index (χ3n) is 3.56. The van der Waals surface area contributed by atoms with Crippen molar-refractivity contribution in [1.82, 2.24) is 10.6 Å². The van der Waals surface area contributed by atoms with E-state index in [4.69, 9.17) is 11.6 Å². The summed E-state index contributed by atoms with van der Waals surface area (Å²) in [7, 11) is 0. The van der Waals surface area contributed by atoms with Crippen LogP contribution in [0.3, 0.4) is 0 Å². The van der Waals surface area contributed by atoms with Crippen LogP contribution >= 0.6 is 23.4 Å². The summed E-state index contributed by atoms with van der Waals surface area (Å²) in [5.74, 6) is -0.740. The number of amides is 3. The quantitative estimate of drug-likeness (QED) is 0.769. The molecule has 3 amide bonds. The highest BCUT2D eigenvalue weighted by Crippen LogP contribution is 2.36. The van der Waals surface area contributed by atoms with Gasteiger partial charge in [0.05, 0.1) is 16.3 Å². The first-order valence-corrected chi connectivity index (χ1v) is 8.72. The number of nitrogens with one attached hydrogen (secondary N) is 2. The lowest BCUT2D eigenvalue weighted by Crippen LogP contribution is -2.44. The number of hydrogen-bond acceptors (Lipinski definition) is 3. The molecule has 0 aromatic heterocycles. The van der Waals surface area contributed by atoms with Crippen LogP contribution in [0.4, 0.5) is 18.0 Å². The number of halogens is 4. The summed E-state index contributed by atoms with van der Waals surface area (Å²) in [5.41, 5.74) is -0.950. The van der Waals surface area contributed by atoms with Gasteiger partial charge in [0.2, 0.25) is 5.91 Å². The molecule has 1 aromatic rings. The monoisotopic (exact) mass is 380 g/mol. The molecule has 1 aromatic carbocycles. The lowest BCUT2D eigenvalue weighted by molar-refractivity contribution is -0.137. The summed E-state index contributed by atoms with van der Waals surface area (Å²) < 4.78 is 38.3. The fourth-order valence-electron chi connectivity index (χ4n) is 2.41. The highest BCUT2D eigenvalue weighted by Gasteiger charge is 2.33. The van der Waals surface area contributed by atoms with E-state index in [9.17, 15) is 22.8 Å². The van der Waals surface area contributed by atoms with E-state index in [1.54, 1.807) is 0 Å². The standard InChI is InChI=1S/C15H16ClF3N2O2S/c16-12-6-5-10(7-11(12)15(17,18)19)24-8-13(22)21-14(23)20-9-3-1-2-4-9/h5-7,9H,1-4,8H2,(H2,20,21,22,23). The summed E-state index contributed by atoms with van der Waals surface area (Å²) >= 11 is 6.43. The van der Waals surface area contributed by atoms with Crippen molar-refractivity contribution < 1.29 is 22.8 Å². The average molecular weight is 381 g/mol. The summed E-state index contributed by atoms with van der Waals surface area (Å²) in [6.45, 7) is 0. The molecule has 1 aliphatic carbocycles. The second-order valence-corrected chi connectivity index (χ2v) is 6.89. The molecule has 0 bridgehead atoms. The molecule has 0 unspecified atom stereocenters. The van der Waals surface area contributed by atoms with Crippen LogP contribution in [0.15, 0.2) is 23.1 Å². The summed E-state index contributed by atoms with van der Waals surface area (Å²) in [5, 5.41) is 4.48. The Morgan fingerprint density at radius 2 is 1.92 bits per heavy atom. The minimum Gasteiger partial charge on any atom is -0.335 e. The Morgan fingerprint density at radius 3 is 2.54 bits per heavy atom. The zero-order valence-electron chi connectivity index (χ0n) is 12.6. The molecule has 2 rings (SSSR count). The summed E-state index contributed by atoms with van der Waals surface area (Å²) in [4.78, 5) is 23.6. The van der Waals surface area contributed by atoms with Gasteiger partial charge in [-0.2, -0.15) is 13.2 Å². The number of urea groups is 1. The molecule has 0 aliphatic heterocycles. The van der Waals surface area contributed by atoms with Crippen molar-refractivity contribution in [3.63, 3.8) is 0 Å². The Bertz CT molecular complexity index is 619. The number of benzene rings is 1. The van der Waals surface area contributed by atoms with Crippen molar-refractivity contribution in [1.29, 1.82) is 0 Å². The van der Waals surface area contributed by atoms with Crippen molar-refractivity contribution in [3.05, 3.63) is 28.8 Å². The first-order valence-electron chi connectivity index (χ1n) is 7.35. The molecule has 0 atom stereocenters. The van der Waals surface area contributed by atoms with Gasteiger partial charge in [0.15, 0.2) is 0 Å². The first kappa shape index (κ1) is 18.9. The van der Waals surface area contributed by atoms with Gasteiger partial charge in [-0.1, -0.05) is 24.4 Å². The van der Waals surface area contributed by atoms with Crippen LogP contribution in [-0.2, 0) is 11.0 Å². The first-order chi connectivity index (χ1) is 11.3. The van der Waals surface area contributed by atoms with Gasteiger partial charge in [0.25, 0.3) is 0 Å². The minimum atomic E-state index is -4.56. The molecule has 0 spiro atoms. The minimum absolute atomic E-state index is 0.0797. The van der Waals surface area contributed by atoms with Crippen LogP contribution in [-0.4, -0.2) is 23.7 Å². The normalized spacial score (nSPS) is 15.3. The number of thioether (sulfide) groups is 1.